The van der Waals surface area contributed by atoms with Crippen LogP contribution in [0.1, 0.15) is 0 Å². The van der Waals surface area contributed by atoms with Gasteiger partial charge in [-0.25, -0.2) is 0 Å². The van der Waals surface area contributed by atoms with Crippen molar-refractivity contribution in [3.05, 3.63) is 78.9 Å². The van der Waals surface area contributed by atoms with Crippen LogP contribution in [0.5, 0.6) is 11.5 Å². The van der Waals surface area contributed by atoms with Crippen LogP contribution >= 0.6 is 0 Å². The van der Waals surface area contributed by atoms with Crippen LogP contribution in [0.4, 0.5) is 17.1 Å². The molecule has 0 saturated carbocycles. The summed E-state index contributed by atoms with van der Waals surface area (Å²) in [6.07, 6.45) is -0.674. The number of nitrogens with one attached hydrogen (secondary N) is 2. The molecular weight excluding hydrogens is 328 g/mol. The van der Waals surface area contributed by atoms with E-state index in [2.05, 4.69) is 10.6 Å². The van der Waals surface area contributed by atoms with Crippen molar-refractivity contribution in [2.75, 3.05) is 17.2 Å². The fourth-order valence-electron chi connectivity index (χ4n) is 2.70. The highest BCUT2D eigenvalue weighted by molar-refractivity contribution is 5.94. The van der Waals surface area contributed by atoms with Gasteiger partial charge in [-0.05, 0) is 48.5 Å². The number of ether oxygens (including phenoxy) is 2. The summed E-state index contributed by atoms with van der Waals surface area (Å²) in [7, 11) is 0. The predicted molar refractivity (Wildman–Crippen MR) is 101 cm³/mol. The number of carbonyl (C=O) groups is 1. The zero-order chi connectivity index (χ0) is 17.8. The molecule has 26 heavy (non-hydrogen) atoms. The molecule has 130 valence electrons. The number of carbonyl (C=O) groups excluding carboxylic acids is 1. The van der Waals surface area contributed by atoms with Gasteiger partial charge in [0.25, 0.3) is 5.91 Å². The number of amides is 1. The SMILES string of the molecule is O=C(Nc1ccc(Nc2ccccc2)cc1)[C@@H]1COc2ccccc2O1. The molecule has 0 aliphatic carbocycles. The Morgan fingerprint density at radius 3 is 2.15 bits per heavy atom. The maximum atomic E-state index is 12.4. The van der Waals surface area contributed by atoms with Gasteiger partial charge >= 0.3 is 0 Å². The zero-order valence-corrected chi connectivity index (χ0v) is 14.0. The van der Waals surface area contributed by atoms with E-state index >= 15 is 0 Å². The van der Waals surface area contributed by atoms with Crippen LogP contribution in [0.3, 0.4) is 0 Å². The largest absolute Gasteiger partial charge is 0.485 e. The first-order valence-corrected chi connectivity index (χ1v) is 8.39. The number of fused-ring (bicyclic) bond motifs is 1. The number of anilines is 3. The Bertz CT molecular complexity index is 895. The van der Waals surface area contributed by atoms with Crippen molar-refractivity contribution in [3.8, 4) is 11.5 Å². The van der Waals surface area contributed by atoms with Gasteiger partial charge in [-0.15, -0.1) is 0 Å². The highest BCUT2D eigenvalue weighted by atomic mass is 16.6. The van der Waals surface area contributed by atoms with Gasteiger partial charge in [0, 0.05) is 17.1 Å². The van der Waals surface area contributed by atoms with E-state index < -0.39 is 6.10 Å². The van der Waals surface area contributed by atoms with Gasteiger partial charge in [-0.2, -0.15) is 0 Å². The summed E-state index contributed by atoms with van der Waals surface area (Å²) in [6.45, 7) is 0.191. The van der Waals surface area contributed by atoms with Gasteiger partial charge in [0.15, 0.2) is 11.5 Å². The highest BCUT2D eigenvalue weighted by Gasteiger charge is 2.27. The second-order valence-electron chi connectivity index (χ2n) is 5.92. The van der Waals surface area contributed by atoms with Gasteiger partial charge in [0.1, 0.15) is 6.61 Å². The number of hydrogen-bond acceptors (Lipinski definition) is 4. The van der Waals surface area contributed by atoms with E-state index in [1.54, 1.807) is 6.07 Å². The molecule has 4 rings (SSSR count). The average molecular weight is 346 g/mol. The molecule has 0 fully saturated rings. The summed E-state index contributed by atoms with van der Waals surface area (Å²) in [4.78, 5) is 12.4. The summed E-state index contributed by atoms with van der Waals surface area (Å²) in [5.74, 6) is 1.01. The van der Waals surface area contributed by atoms with E-state index in [9.17, 15) is 4.79 Å². The first kappa shape index (κ1) is 16.0. The summed E-state index contributed by atoms with van der Waals surface area (Å²) >= 11 is 0. The van der Waals surface area contributed by atoms with E-state index in [0.717, 1.165) is 11.4 Å². The molecule has 1 atom stereocenters. The number of benzene rings is 3. The van der Waals surface area contributed by atoms with Crippen molar-refractivity contribution in [2.45, 2.75) is 6.10 Å². The molecule has 0 unspecified atom stereocenters. The summed E-state index contributed by atoms with van der Waals surface area (Å²) in [6, 6.07) is 24.8. The second kappa shape index (κ2) is 7.19. The fraction of sp³-hybridized carbons (Fsp3) is 0.0952. The number of hydrogen-bond donors (Lipinski definition) is 2. The van der Waals surface area contributed by atoms with Gasteiger partial charge in [0.2, 0.25) is 6.10 Å². The lowest BCUT2D eigenvalue weighted by molar-refractivity contribution is -0.125. The van der Waals surface area contributed by atoms with Gasteiger partial charge in [-0.1, -0.05) is 30.3 Å². The monoisotopic (exact) mass is 346 g/mol. The van der Waals surface area contributed by atoms with E-state index in [1.807, 2.05) is 72.8 Å². The average Bonchev–Trinajstić information content (AvgIpc) is 2.70. The zero-order valence-electron chi connectivity index (χ0n) is 14.0. The first-order valence-electron chi connectivity index (χ1n) is 8.39. The van der Waals surface area contributed by atoms with Crippen molar-refractivity contribution < 1.29 is 14.3 Å². The van der Waals surface area contributed by atoms with Crippen LogP contribution in [0.2, 0.25) is 0 Å². The minimum atomic E-state index is -0.674. The minimum absolute atomic E-state index is 0.191. The van der Waals surface area contributed by atoms with Crippen molar-refractivity contribution >= 4 is 23.0 Å². The van der Waals surface area contributed by atoms with Crippen LogP contribution in [-0.4, -0.2) is 18.6 Å². The van der Waals surface area contributed by atoms with Crippen molar-refractivity contribution in [1.29, 1.82) is 0 Å². The number of para-hydroxylation sites is 3. The Balaban J connectivity index is 1.37. The Labute approximate surface area is 151 Å². The van der Waals surface area contributed by atoms with Gasteiger partial charge in [-0.3, -0.25) is 4.79 Å². The van der Waals surface area contributed by atoms with Crippen molar-refractivity contribution in [1.82, 2.24) is 0 Å². The van der Waals surface area contributed by atoms with Crippen LogP contribution in [-0.2, 0) is 4.79 Å². The lowest BCUT2D eigenvalue weighted by Gasteiger charge is -2.25. The second-order valence-corrected chi connectivity index (χ2v) is 5.92. The topological polar surface area (TPSA) is 59.6 Å². The Morgan fingerprint density at radius 2 is 1.38 bits per heavy atom. The summed E-state index contributed by atoms with van der Waals surface area (Å²) in [5, 5.41) is 6.16. The molecule has 2 N–H and O–H groups in total. The lowest BCUT2D eigenvalue weighted by Crippen LogP contribution is -2.40. The molecule has 5 nitrogen and oxygen atoms in total. The third-order valence-corrected chi connectivity index (χ3v) is 4.02. The quantitative estimate of drug-likeness (QED) is 0.743. The maximum absolute atomic E-state index is 12.4. The summed E-state index contributed by atoms with van der Waals surface area (Å²) < 4.78 is 11.3. The van der Waals surface area contributed by atoms with E-state index in [0.29, 0.717) is 17.2 Å². The normalized spacial score (nSPS) is 15.2. The van der Waals surface area contributed by atoms with E-state index in [4.69, 9.17) is 9.47 Å². The smallest absolute Gasteiger partial charge is 0.269 e. The molecule has 0 spiro atoms. The maximum Gasteiger partial charge on any atom is 0.269 e. The van der Waals surface area contributed by atoms with Crippen LogP contribution < -0.4 is 20.1 Å². The Morgan fingerprint density at radius 1 is 0.769 bits per heavy atom. The van der Waals surface area contributed by atoms with Gasteiger partial charge < -0.3 is 20.1 Å². The molecule has 0 aromatic heterocycles. The highest BCUT2D eigenvalue weighted by Crippen LogP contribution is 2.31. The molecule has 3 aromatic carbocycles. The molecule has 1 aliphatic rings. The molecule has 0 radical (unpaired) electrons. The fourth-order valence-corrected chi connectivity index (χ4v) is 2.70. The molecule has 0 bridgehead atoms. The lowest BCUT2D eigenvalue weighted by atomic mass is 10.2. The van der Waals surface area contributed by atoms with Crippen LogP contribution in [0, 0.1) is 0 Å². The van der Waals surface area contributed by atoms with Crippen molar-refractivity contribution in [2.24, 2.45) is 0 Å². The molecule has 5 heteroatoms. The molecule has 1 heterocycles. The van der Waals surface area contributed by atoms with Crippen LogP contribution in [0.25, 0.3) is 0 Å². The predicted octanol–water partition coefficient (Wildman–Crippen LogP) is 4.21. The van der Waals surface area contributed by atoms with E-state index in [-0.39, 0.29) is 12.5 Å². The van der Waals surface area contributed by atoms with Crippen molar-refractivity contribution in [3.63, 3.8) is 0 Å². The molecule has 3 aromatic rings. The Hall–Kier alpha value is -3.47. The molecule has 1 amide bonds. The summed E-state index contributed by atoms with van der Waals surface area (Å²) in [5.41, 5.74) is 2.66. The third kappa shape index (κ3) is 3.62. The molecular formula is C21H18N2O3. The Kier molecular flexibility index (Phi) is 4.43. The van der Waals surface area contributed by atoms with Gasteiger partial charge in [0.05, 0.1) is 0 Å². The van der Waals surface area contributed by atoms with Crippen LogP contribution in [0.15, 0.2) is 78.9 Å². The number of rotatable bonds is 4. The molecule has 1 aliphatic heterocycles. The molecule has 0 saturated heterocycles. The standard InChI is InChI=1S/C21H18N2O3/c24-21(20-14-25-18-8-4-5-9-19(18)26-20)23-17-12-10-16(11-13-17)22-15-6-2-1-3-7-15/h1-13,20,22H,14H2,(H,23,24)/t20-/m0/s1. The third-order valence-electron chi connectivity index (χ3n) is 4.02. The van der Waals surface area contributed by atoms with E-state index in [1.165, 1.54) is 0 Å². The minimum Gasteiger partial charge on any atom is -0.485 e. The first-order chi connectivity index (χ1) is 12.8.